The summed E-state index contributed by atoms with van der Waals surface area (Å²) in [7, 11) is 1.61. The van der Waals surface area contributed by atoms with Crippen molar-refractivity contribution in [2.75, 3.05) is 26.7 Å². The van der Waals surface area contributed by atoms with E-state index in [2.05, 4.69) is 0 Å². The predicted molar refractivity (Wildman–Crippen MR) is 101 cm³/mol. The van der Waals surface area contributed by atoms with Gasteiger partial charge in [0.15, 0.2) is 0 Å². The van der Waals surface area contributed by atoms with Gasteiger partial charge in [0, 0.05) is 30.1 Å². The van der Waals surface area contributed by atoms with Gasteiger partial charge in [-0.3, -0.25) is 14.4 Å². The van der Waals surface area contributed by atoms with Gasteiger partial charge in [-0.2, -0.15) is 0 Å². The van der Waals surface area contributed by atoms with E-state index >= 15 is 0 Å². The molecule has 1 aromatic carbocycles. The second-order valence-electron chi connectivity index (χ2n) is 6.40. The van der Waals surface area contributed by atoms with E-state index in [1.807, 2.05) is 12.1 Å². The molecule has 0 spiro atoms. The van der Waals surface area contributed by atoms with Crippen molar-refractivity contribution in [2.24, 2.45) is 5.92 Å². The Labute approximate surface area is 162 Å². The molecule has 26 heavy (non-hydrogen) atoms. The number of likely N-dealkylation sites (N-methyl/N-ethyl adjacent to an activating group) is 1. The fourth-order valence-corrected chi connectivity index (χ4v) is 3.94. The molecule has 0 aliphatic carbocycles. The SMILES string of the molecule is CC(Sc1ccc(Cl)cc1)C(=O)N(C)CC(=O)N1CCC(C(=O)O)CC1. The highest BCUT2D eigenvalue weighted by molar-refractivity contribution is 8.00. The van der Waals surface area contributed by atoms with Crippen molar-refractivity contribution in [3.8, 4) is 0 Å². The molecule has 6 nitrogen and oxygen atoms in total. The summed E-state index contributed by atoms with van der Waals surface area (Å²) in [6.45, 7) is 2.66. The lowest BCUT2D eigenvalue weighted by molar-refractivity contribution is -0.146. The molecule has 8 heteroatoms. The van der Waals surface area contributed by atoms with Gasteiger partial charge in [-0.25, -0.2) is 0 Å². The molecule has 0 radical (unpaired) electrons. The van der Waals surface area contributed by atoms with Crippen LogP contribution in [0.25, 0.3) is 0 Å². The van der Waals surface area contributed by atoms with Gasteiger partial charge in [0.05, 0.1) is 17.7 Å². The van der Waals surface area contributed by atoms with Gasteiger partial charge in [-0.1, -0.05) is 11.6 Å². The first-order chi connectivity index (χ1) is 12.3. The van der Waals surface area contributed by atoms with Crippen molar-refractivity contribution in [2.45, 2.75) is 29.9 Å². The second kappa shape index (κ2) is 9.28. The van der Waals surface area contributed by atoms with E-state index in [-0.39, 0.29) is 29.5 Å². The van der Waals surface area contributed by atoms with Crippen LogP contribution in [-0.2, 0) is 14.4 Å². The van der Waals surface area contributed by atoms with Gasteiger partial charge in [0.25, 0.3) is 0 Å². The molecule has 142 valence electrons. The number of nitrogens with zero attached hydrogens (tertiary/aromatic N) is 2. The average Bonchev–Trinajstić information content (AvgIpc) is 2.62. The minimum Gasteiger partial charge on any atom is -0.481 e. The van der Waals surface area contributed by atoms with E-state index in [0.717, 1.165) is 4.90 Å². The molecule has 0 aromatic heterocycles. The fourth-order valence-electron chi connectivity index (χ4n) is 2.83. The van der Waals surface area contributed by atoms with Gasteiger partial charge in [0.1, 0.15) is 0 Å². The molecule has 1 fully saturated rings. The first kappa shape index (κ1) is 20.6. The third kappa shape index (κ3) is 5.64. The van der Waals surface area contributed by atoms with Gasteiger partial charge in [-0.15, -0.1) is 11.8 Å². The maximum absolute atomic E-state index is 12.5. The number of carbonyl (C=O) groups excluding carboxylic acids is 2. The zero-order chi connectivity index (χ0) is 19.3. The standard InChI is InChI=1S/C18H23ClN2O4S/c1-12(26-15-5-3-14(19)4-6-15)17(23)20(2)11-16(22)21-9-7-13(8-10-21)18(24)25/h3-6,12-13H,7-11H2,1-2H3,(H,24,25). The number of likely N-dealkylation sites (tertiary alicyclic amines) is 1. The third-order valence-electron chi connectivity index (χ3n) is 4.42. The van der Waals surface area contributed by atoms with E-state index < -0.39 is 5.97 Å². The lowest BCUT2D eigenvalue weighted by atomic mass is 9.97. The maximum Gasteiger partial charge on any atom is 0.306 e. The third-order valence-corrected chi connectivity index (χ3v) is 5.77. The van der Waals surface area contributed by atoms with Crippen LogP contribution in [0.5, 0.6) is 0 Å². The Hall–Kier alpha value is -1.73. The normalized spacial score (nSPS) is 16.2. The van der Waals surface area contributed by atoms with Crippen LogP contribution in [0.1, 0.15) is 19.8 Å². The first-order valence-corrected chi connectivity index (χ1v) is 9.71. The Bertz CT molecular complexity index is 660. The molecule has 0 saturated carbocycles. The number of piperidine rings is 1. The number of benzene rings is 1. The molecule has 1 N–H and O–H groups in total. The number of hydrogen-bond donors (Lipinski definition) is 1. The Kier molecular flexibility index (Phi) is 7.34. The zero-order valence-corrected chi connectivity index (χ0v) is 16.4. The fraction of sp³-hybridized carbons (Fsp3) is 0.500. The number of aliphatic carboxylic acids is 1. The van der Waals surface area contributed by atoms with E-state index in [0.29, 0.717) is 31.0 Å². The van der Waals surface area contributed by atoms with Crippen molar-refractivity contribution in [1.29, 1.82) is 0 Å². The molecule has 2 rings (SSSR count). The highest BCUT2D eigenvalue weighted by atomic mass is 35.5. The molecule has 1 aliphatic heterocycles. The summed E-state index contributed by atoms with van der Waals surface area (Å²) < 4.78 is 0. The van der Waals surface area contributed by atoms with Gasteiger partial charge < -0.3 is 14.9 Å². The molecular formula is C18H23ClN2O4S. The van der Waals surface area contributed by atoms with Crippen LogP contribution in [0.3, 0.4) is 0 Å². The van der Waals surface area contributed by atoms with Crippen LogP contribution in [-0.4, -0.2) is 64.6 Å². The summed E-state index contributed by atoms with van der Waals surface area (Å²) in [5.74, 6) is -1.46. The number of halogens is 1. The van der Waals surface area contributed by atoms with Gasteiger partial charge >= 0.3 is 5.97 Å². The summed E-state index contributed by atoms with van der Waals surface area (Å²) in [6.07, 6.45) is 0.920. The minimum atomic E-state index is -0.808. The molecule has 0 bridgehead atoms. The van der Waals surface area contributed by atoms with Crippen molar-refractivity contribution >= 4 is 41.1 Å². The van der Waals surface area contributed by atoms with Gasteiger partial charge in [-0.05, 0) is 44.0 Å². The smallest absolute Gasteiger partial charge is 0.306 e. The number of carboxylic acid groups (broad SMARTS) is 1. The highest BCUT2D eigenvalue weighted by Gasteiger charge is 2.28. The van der Waals surface area contributed by atoms with Crippen molar-refractivity contribution in [3.05, 3.63) is 29.3 Å². The second-order valence-corrected chi connectivity index (χ2v) is 8.25. The lowest BCUT2D eigenvalue weighted by Crippen LogP contribution is -2.46. The molecule has 2 amide bonds. The summed E-state index contributed by atoms with van der Waals surface area (Å²) in [5.41, 5.74) is 0. The molecule has 1 heterocycles. The molecule has 1 saturated heterocycles. The number of carboxylic acids is 1. The number of rotatable bonds is 6. The molecule has 1 aromatic rings. The quantitative estimate of drug-likeness (QED) is 0.745. The van der Waals surface area contributed by atoms with Crippen LogP contribution >= 0.6 is 23.4 Å². The van der Waals surface area contributed by atoms with Crippen LogP contribution in [0, 0.1) is 5.92 Å². The Morgan fingerprint density at radius 1 is 1.27 bits per heavy atom. The van der Waals surface area contributed by atoms with E-state index in [9.17, 15) is 14.4 Å². The Balaban J connectivity index is 1.83. The van der Waals surface area contributed by atoms with E-state index in [1.54, 1.807) is 31.0 Å². The monoisotopic (exact) mass is 398 g/mol. The van der Waals surface area contributed by atoms with E-state index in [1.165, 1.54) is 16.7 Å². The minimum absolute atomic E-state index is 0.00207. The summed E-state index contributed by atoms with van der Waals surface area (Å²) in [6, 6.07) is 7.26. The average molecular weight is 399 g/mol. The Morgan fingerprint density at radius 3 is 2.38 bits per heavy atom. The summed E-state index contributed by atoms with van der Waals surface area (Å²) in [4.78, 5) is 39.9. The predicted octanol–water partition coefficient (Wildman–Crippen LogP) is 2.60. The van der Waals surface area contributed by atoms with E-state index in [4.69, 9.17) is 16.7 Å². The molecule has 1 aliphatic rings. The van der Waals surface area contributed by atoms with Crippen LogP contribution in [0.15, 0.2) is 29.2 Å². The number of amides is 2. The van der Waals surface area contributed by atoms with Crippen molar-refractivity contribution in [3.63, 3.8) is 0 Å². The van der Waals surface area contributed by atoms with Gasteiger partial charge in [0.2, 0.25) is 11.8 Å². The zero-order valence-electron chi connectivity index (χ0n) is 14.9. The molecule has 1 atom stereocenters. The molecule has 1 unspecified atom stereocenters. The van der Waals surface area contributed by atoms with Crippen molar-refractivity contribution < 1.29 is 19.5 Å². The Morgan fingerprint density at radius 2 is 1.85 bits per heavy atom. The summed E-state index contributed by atoms with van der Waals surface area (Å²) >= 11 is 7.27. The first-order valence-electron chi connectivity index (χ1n) is 8.45. The number of carbonyl (C=O) groups is 3. The van der Waals surface area contributed by atoms with Crippen LogP contribution in [0.2, 0.25) is 5.02 Å². The number of hydrogen-bond acceptors (Lipinski definition) is 4. The topological polar surface area (TPSA) is 77.9 Å². The van der Waals surface area contributed by atoms with Crippen molar-refractivity contribution in [1.82, 2.24) is 9.80 Å². The largest absolute Gasteiger partial charge is 0.481 e. The van der Waals surface area contributed by atoms with Crippen LogP contribution < -0.4 is 0 Å². The lowest BCUT2D eigenvalue weighted by Gasteiger charge is -2.31. The van der Waals surface area contributed by atoms with Crippen LogP contribution in [0.4, 0.5) is 0 Å². The maximum atomic E-state index is 12.5. The number of thioether (sulfide) groups is 1. The molecular weight excluding hydrogens is 376 g/mol. The summed E-state index contributed by atoms with van der Waals surface area (Å²) in [5, 5.41) is 9.33. The highest BCUT2D eigenvalue weighted by Crippen LogP contribution is 2.25.